The number of carbonyl (C=O) groups excluding carboxylic acids is 2. The molecule has 2 bridgehead atoms. The van der Waals surface area contributed by atoms with Crippen LogP contribution in [-0.2, 0) is 9.59 Å². The molecule has 4 unspecified atom stereocenters. The highest BCUT2D eigenvalue weighted by atomic mass is 16.2. The van der Waals surface area contributed by atoms with E-state index in [2.05, 4.69) is 17.3 Å². The van der Waals surface area contributed by atoms with Crippen molar-refractivity contribution in [3.63, 3.8) is 0 Å². The SMILES string of the molecule is N#Cc1ccc(C=NN2C(=O)C3C4C=CC(CC4)C3C2=O)cc1. The van der Waals surface area contributed by atoms with Crippen molar-refractivity contribution < 1.29 is 9.59 Å². The Bertz CT molecular complexity index is 740. The fraction of sp³-hybridized carbons (Fsp3) is 0.333. The third kappa shape index (κ3) is 2.10. The van der Waals surface area contributed by atoms with E-state index in [-0.39, 0.29) is 35.5 Å². The van der Waals surface area contributed by atoms with Gasteiger partial charge in [-0.25, -0.2) is 0 Å². The van der Waals surface area contributed by atoms with Gasteiger partial charge in [-0.05, 0) is 42.4 Å². The lowest BCUT2D eigenvalue weighted by Gasteiger charge is -2.37. The van der Waals surface area contributed by atoms with Crippen LogP contribution in [0.2, 0.25) is 0 Å². The first-order valence-electron chi connectivity index (χ1n) is 7.79. The lowest BCUT2D eigenvalue weighted by Crippen LogP contribution is -2.38. The number of fused-ring (bicyclic) bond motifs is 1. The van der Waals surface area contributed by atoms with Gasteiger partial charge in [0.25, 0.3) is 11.8 Å². The Morgan fingerprint density at radius 3 is 2.09 bits per heavy atom. The predicted octanol–water partition coefficient (Wildman–Crippen LogP) is 2.09. The Hall–Kier alpha value is -2.74. The van der Waals surface area contributed by atoms with Crippen LogP contribution in [-0.4, -0.2) is 23.0 Å². The summed E-state index contributed by atoms with van der Waals surface area (Å²) >= 11 is 0. The van der Waals surface area contributed by atoms with Crippen LogP contribution in [0, 0.1) is 35.0 Å². The molecule has 0 radical (unpaired) electrons. The van der Waals surface area contributed by atoms with E-state index < -0.39 is 0 Å². The van der Waals surface area contributed by atoms with E-state index in [0.717, 1.165) is 23.4 Å². The summed E-state index contributed by atoms with van der Waals surface area (Å²) in [4.78, 5) is 25.2. The van der Waals surface area contributed by atoms with Crippen LogP contribution >= 0.6 is 0 Å². The summed E-state index contributed by atoms with van der Waals surface area (Å²) in [5.41, 5.74) is 1.31. The van der Waals surface area contributed by atoms with Crippen LogP contribution in [0.3, 0.4) is 0 Å². The molecule has 1 aromatic carbocycles. The summed E-state index contributed by atoms with van der Waals surface area (Å²) in [5, 5.41) is 14.0. The van der Waals surface area contributed by atoms with Gasteiger partial charge in [0.05, 0.1) is 29.7 Å². The second-order valence-electron chi connectivity index (χ2n) is 6.31. The highest BCUT2D eigenvalue weighted by Crippen LogP contribution is 2.49. The fourth-order valence-corrected chi connectivity index (χ4v) is 3.94. The van der Waals surface area contributed by atoms with Gasteiger partial charge in [-0.2, -0.15) is 15.4 Å². The highest BCUT2D eigenvalue weighted by molar-refractivity contribution is 6.06. The normalized spacial score (nSPS) is 31.7. The van der Waals surface area contributed by atoms with Gasteiger partial charge in [0.15, 0.2) is 0 Å². The molecular weight excluding hydrogens is 290 g/mol. The van der Waals surface area contributed by atoms with Crippen LogP contribution in [0.5, 0.6) is 0 Å². The number of allylic oxidation sites excluding steroid dienone is 2. The van der Waals surface area contributed by atoms with E-state index in [1.165, 1.54) is 6.21 Å². The predicted molar refractivity (Wildman–Crippen MR) is 82.9 cm³/mol. The largest absolute Gasteiger partial charge is 0.272 e. The number of hydrazone groups is 1. The minimum atomic E-state index is -0.232. The molecule has 1 aromatic rings. The summed E-state index contributed by atoms with van der Waals surface area (Å²) in [7, 11) is 0. The van der Waals surface area contributed by atoms with Crippen molar-refractivity contribution in [3.05, 3.63) is 47.5 Å². The monoisotopic (exact) mass is 305 g/mol. The molecule has 5 heteroatoms. The molecule has 1 saturated heterocycles. The molecule has 114 valence electrons. The van der Waals surface area contributed by atoms with Gasteiger partial charge in [0.1, 0.15) is 0 Å². The second kappa shape index (κ2) is 5.17. The molecule has 0 N–H and O–H groups in total. The Morgan fingerprint density at radius 1 is 1.04 bits per heavy atom. The standard InChI is InChI=1S/C18H15N3O2/c19-9-11-1-3-12(4-2-11)10-20-21-17(22)15-13-5-6-14(8-7-13)16(15)18(21)23/h1-6,10,13-16H,7-8H2. The van der Waals surface area contributed by atoms with Crippen molar-refractivity contribution in [3.8, 4) is 6.07 Å². The molecule has 5 nitrogen and oxygen atoms in total. The average molecular weight is 305 g/mol. The number of hydrogen-bond acceptors (Lipinski definition) is 4. The summed E-state index contributed by atoms with van der Waals surface area (Å²) in [6.45, 7) is 0. The maximum absolute atomic E-state index is 12.6. The number of nitriles is 1. The van der Waals surface area contributed by atoms with E-state index in [0.29, 0.717) is 5.56 Å². The molecule has 0 aromatic heterocycles. The molecule has 3 aliphatic carbocycles. The number of benzene rings is 1. The Labute approximate surface area is 133 Å². The first kappa shape index (κ1) is 13.9. The van der Waals surface area contributed by atoms with Crippen LogP contribution in [0.15, 0.2) is 41.5 Å². The average Bonchev–Trinajstić information content (AvgIpc) is 2.88. The van der Waals surface area contributed by atoms with Crippen molar-refractivity contribution in [1.29, 1.82) is 5.26 Å². The highest BCUT2D eigenvalue weighted by Gasteiger charge is 2.56. The third-order valence-electron chi connectivity index (χ3n) is 5.10. The number of nitrogens with zero attached hydrogens (tertiary/aromatic N) is 3. The smallest absolute Gasteiger partial charge is 0.254 e. The van der Waals surface area contributed by atoms with Gasteiger partial charge >= 0.3 is 0 Å². The summed E-state index contributed by atoms with van der Waals surface area (Å²) < 4.78 is 0. The van der Waals surface area contributed by atoms with Crippen molar-refractivity contribution >= 4 is 18.0 Å². The molecule has 2 fully saturated rings. The summed E-state index contributed by atoms with van der Waals surface area (Å²) in [6, 6.07) is 8.89. The minimum absolute atomic E-state index is 0.177. The fourth-order valence-electron chi connectivity index (χ4n) is 3.94. The molecule has 4 aliphatic rings. The van der Waals surface area contributed by atoms with Crippen molar-refractivity contribution in [2.45, 2.75) is 12.8 Å². The number of imide groups is 1. The zero-order chi connectivity index (χ0) is 16.0. The molecule has 1 heterocycles. The second-order valence-corrected chi connectivity index (χ2v) is 6.31. The van der Waals surface area contributed by atoms with Gasteiger partial charge in [-0.1, -0.05) is 24.3 Å². The van der Waals surface area contributed by atoms with Gasteiger partial charge in [-0.15, -0.1) is 0 Å². The van der Waals surface area contributed by atoms with Crippen LogP contribution < -0.4 is 0 Å². The van der Waals surface area contributed by atoms with E-state index >= 15 is 0 Å². The molecule has 1 saturated carbocycles. The number of carbonyl (C=O) groups is 2. The van der Waals surface area contributed by atoms with E-state index in [9.17, 15) is 9.59 Å². The van der Waals surface area contributed by atoms with Gasteiger partial charge in [-0.3, -0.25) is 9.59 Å². The quantitative estimate of drug-likeness (QED) is 0.477. The van der Waals surface area contributed by atoms with E-state index in [1.54, 1.807) is 24.3 Å². The van der Waals surface area contributed by atoms with Crippen LogP contribution in [0.25, 0.3) is 0 Å². The molecule has 23 heavy (non-hydrogen) atoms. The molecule has 0 spiro atoms. The third-order valence-corrected chi connectivity index (χ3v) is 5.10. The van der Waals surface area contributed by atoms with E-state index in [4.69, 9.17) is 5.26 Å². The zero-order valence-electron chi connectivity index (χ0n) is 12.4. The summed E-state index contributed by atoms with van der Waals surface area (Å²) in [6.07, 6.45) is 7.65. The molecule has 2 amide bonds. The van der Waals surface area contributed by atoms with Crippen molar-refractivity contribution in [1.82, 2.24) is 5.01 Å². The Balaban J connectivity index is 1.58. The Morgan fingerprint density at radius 2 is 1.61 bits per heavy atom. The number of rotatable bonds is 2. The topological polar surface area (TPSA) is 73.5 Å². The van der Waals surface area contributed by atoms with Crippen molar-refractivity contribution in [2.75, 3.05) is 0 Å². The molecular formula is C18H15N3O2. The lowest BCUT2D eigenvalue weighted by atomic mass is 9.63. The molecule has 5 rings (SSSR count). The molecule has 1 aliphatic heterocycles. The zero-order valence-corrected chi connectivity index (χ0v) is 12.4. The van der Waals surface area contributed by atoms with Crippen LogP contribution in [0.1, 0.15) is 24.0 Å². The number of hydrogen-bond donors (Lipinski definition) is 0. The first-order chi connectivity index (χ1) is 11.2. The lowest BCUT2D eigenvalue weighted by molar-refractivity contribution is -0.140. The minimum Gasteiger partial charge on any atom is -0.272 e. The van der Waals surface area contributed by atoms with Gasteiger partial charge in [0.2, 0.25) is 0 Å². The van der Waals surface area contributed by atoms with E-state index in [1.807, 2.05) is 6.07 Å². The molecule has 4 atom stereocenters. The van der Waals surface area contributed by atoms with Crippen LogP contribution in [0.4, 0.5) is 0 Å². The maximum Gasteiger partial charge on any atom is 0.254 e. The first-order valence-corrected chi connectivity index (χ1v) is 7.79. The van der Waals surface area contributed by atoms with Gasteiger partial charge < -0.3 is 0 Å². The summed E-state index contributed by atoms with van der Waals surface area (Å²) in [5.74, 6) is -0.463. The number of amides is 2. The maximum atomic E-state index is 12.6. The van der Waals surface area contributed by atoms with Gasteiger partial charge in [0, 0.05) is 0 Å². The Kier molecular flexibility index (Phi) is 3.12. The van der Waals surface area contributed by atoms with Crippen molar-refractivity contribution in [2.24, 2.45) is 28.8 Å².